The third-order valence-electron chi connectivity index (χ3n) is 4.09. The maximum absolute atomic E-state index is 12.6. The number of rotatable bonds is 3. The lowest BCUT2D eigenvalue weighted by atomic mass is 9.78. The Morgan fingerprint density at radius 2 is 1.48 bits per heavy atom. The van der Waals surface area contributed by atoms with Crippen LogP contribution in [0.1, 0.15) is 69.4 Å². The first kappa shape index (κ1) is 18.0. The Kier molecular flexibility index (Phi) is 4.88. The van der Waals surface area contributed by atoms with Crippen LogP contribution in [0.3, 0.4) is 0 Å². The molecular weight excluding hydrogens is 292 g/mol. The molecule has 0 atom stereocenters. The highest BCUT2D eigenvalue weighted by Gasteiger charge is 2.29. The molecule has 0 radical (unpaired) electrons. The van der Waals surface area contributed by atoms with Crippen molar-refractivity contribution in [2.45, 2.75) is 65.1 Å². The molecule has 1 N–H and O–H groups in total. The quantitative estimate of drug-likeness (QED) is 0.857. The van der Waals surface area contributed by atoms with E-state index in [2.05, 4.69) is 0 Å². The minimum absolute atomic E-state index is 0.0205. The second-order valence-corrected chi connectivity index (χ2v) is 8.22. The Bertz CT molecular complexity index is 549. The van der Waals surface area contributed by atoms with E-state index in [1.165, 1.54) is 0 Å². The van der Waals surface area contributed by atoms with Gasteiger partial charge in [-0.3, -0.25) is 4.79 Å². The summed E-state index contributed by atoms with van der Waals surface area (Å²) in [7, 11) is 0. The van der Waals surface area contributed by atoms with Gasteiger partial charge in [0.25, 0.3) is 0 Å². The third-order valence-corrected chi connectivity index (χ3v) is 4.09. The van der Waals surface area contributed by atoms with E-state index in [0.29, 0.717) is 18.8 Å². The molecule has 128 valence electrons. The first-order valence-electron chi connectivity index (χ1n) is 8.14. The van der Waals surface area contributed by atoms with Crippen LogP contribution in [0.4, 0.5) is 0 Å². The third kappa shape index (κ3) is 4.12. The summed E-state index contributed by atoms with van der Waals surface area (Å²) in [4.78, 5) is 12.6. The molecule has 0 aliphatic carbocycles. The summed E-state index contributed by atoms with van der Waals surface area (Å²) in [6.45, 7) is 13.3. The highest BCUT2D eigenvalue weighted by molar-refractivity contribution is 5.97. The van der Waals surface area contributed by atoms with Gasteiger partial charge in [-0.15, -0.1) is 0 Å². The Labute approximate surface area is 138 Å². The average molecular weight is 320 g/mol. The number of phenols is 1. The minimum Gasteiger partial charge on any atom is -0.507 e. The molecular formula is C19H28O4. The van der Waals surface area contributed by atoms with Crippen LogP contribution in [-0.2, 0) is 20.3 Å². The summed E-state index contributed by atoms with van der Waals surface area (Å²) in [5.41, 5.74) is 1.70. The van der Waals surface area contributed by atoms with Crippen LogP contribution in [0.5, 0.6) is 5.75 Å². The average Bonchev–Trinajstić information content (AvgIpc) is 2.88. The zero-order chi connectivity index (χ0) is 17.4. The van der Waals surface area contributed by atoms with Crippen molar-refractivity contribution in [3.05, 3.63) is 28.8 Å². The van der Waals surface area contributed by atoms with Crippen LogP contribution >= 0.6 is 0 Å². The highest BCUT2D eigenvalue weighted by atomic mass is 16.7. The second kappa shape index (κ2) is 6.25. The smallest absolute Gasteiger partial charge is 0.167 e. The molecule has 1 aliphatic rings. The monoisotopic (exact) mass is 320 g/mol. The molecule has 1 aromatic rings. The zero-order valence-electron chi connectivity index (χ0n) is 15.0. The van der Waals surface area contributed by atoms with E-state index in [-0.39, 0.29) is 28.8 Å². The maximum Gasteiger partial charge on any atom is 0.167 e. The van der Waals surface area contributed by atoms with Gasteiger partial charge in [0.15, 0.2) is 12.1 Å². The van der Waals surface area contributed by atoms with Crippen LogP contribution in [0, 0.1) is 0 Å². The molecule has 2 rings (SSSR count). The number of ketones is 1. The summed E-state index contributed by atoms with van der Waals surface area (Å²) >= 11 is 0. The number of hydrogen-bond donors (Lipinski definition) is 1. The molecule has 1 fully saturated rings. The van der Waals surface area contributed by atoms with Gasteiger partial charge in [-0.25, -0.2) is 0 Å². The van der Waals surface area contributed by atoms with Crippen molar-refractivity contribution in [3.8, 4) is 5.75 Å². The van der Waals surface area contributed by atoms with Crippen molar-refractivity contribution < 1.29 is 19.4 Å². The Hall–Kier alpha value is -1.39. The predicted molar refractivity (Wildman–Crippen MR) is 90.1 cm³/mol. The Morgan fingerprint density at radius 1 is 1.04 bits per heavy atom. The molecule has 0 amide bonds. The van der Waals surface area contributed by atoms with Crippen molar-refractivity contribution in [1.29, 1.82) is 0 Å². The van der Waals surface area contributed by atoms with Crippen LogP contribution in [0.2, 0.25) is 0 Å². The van der Waals surface area contributed by atoms with Gasteiger partial charge in [-0.1, -0.05) is 41.5 Å². The molecule has 4 heteroatoms. The first-order valence-corrected chi connectivity index (χ1v) is 8.14. The fourth-order valence-corrected chi connectivity index (χ4v) is 2.73. The van der Waals surface area contributed by atoms with E-state index in [9.17, 15) is 9.90 Å². The van der Waals surface area contributed by atoms with Crippen LogP contribution < -0.4 is 0 Å². The fourth-order valence-electron chi connectivity index (χ4n) is 2.73. The zero-order valence-corrected chi connectivity index (χ0v) is 15.0. The van der Waals surface area contributed by atoms with Crippen molar-refractivity contribution in [1.82, 2.24) is 0 Å². The van der Waals surface area contributed by atoms with E-state index in [0.717, 1.165) is 11.1 Å². The van der Waals surface area contributed by atoms with E-state index in [1.54, 1.807) is 0 Å². The van der Waals surface area contributed by atoms with Crippen molar-refractivity contribution in [3.63, 3.8) is 0 Å². The molecule has 4 nitrogen and oxygen atoms in total. The predicted octanol–water partition coefficient (Wildman–Crippen LogP) is 3.93. The van der Waals surface area contributed by atoms with E-state index < -0.39 is 6.29 Å². The molecule has 1 saturated heterocycles. The lowest BCUT2D eigenvalue weighted by Crippen LogP contribution is -2.20. The normalized spacial score (nSPS) is 16.8. The molecule has 0 saturated carbocycles. The van der Waals surface area contributed by atoms with Gasteiger partial charge in [-0.2, -0.15) is 0 Å². The van der Waals surface area contributed by atoms with Gasteiger partial charge < -0.3 is 14.6 Å². The number of phenolic OH excluding ortho intramolecular Hbond substituents is 1. The summed E-state index contributed by atoms with van der Waals surface area (Å²) < 4.78 is 10.7. The van der Waals surface area contributed by atoms with E-state index in [4.69, 9.17) is 9.47 Å². The van der Waals surface area contributed by atoms with Crippen LogP contribution in [-0.4, -0.2) is 30.4 Å². The van der Waals surface area contributed by atoms with Crippen molar-refractivity contribution >= 4 is 5.78 Å². The van der Waals surface area contributed by atoms with Gasteiger partial charge in [0.1, 0.15) is 5.75 Å². The van der Waals surface area contributed by atoms with E-state index in [1.807, 2.05) is 53.7 Å². The fraction of sp³-hybridized carbons (Fsp3) is 0.632. The molecule has 23 heavy (non-hydrogen) atoms. The number of carbonyl (C=O) groups excluding carboxylic acids is 1. The first-order chi connectivity index (χ1) is 10.5. The van der Waals surface area contributed by atoms with Gasteiger partial charge in [-0.05, 0) is 23.0 Å². The summed E-state index contributed by atoms with van der Waals surface area (Å²) in [5, 5.41) is 10.7. The van der Waals surface area contributed by atoms with Crippen molar-refractivity contribution in [2.24, 2.45) is 0 Å². The number of benzene rings is 1. The van der Waals surface area contributed by atoms with Crippen molar-refractivity contribution in [2.75, 3.05) is 13.2 Å². The van der Waals surface area contributed by atoms with E-state index >= 15 is 0 Å². The number of carbonyl (C=O) groups is 1. The number of Topliss-reactive ketones (excluding diaryl/α,β-unsaturated/α-hetero) is 1. The highest BCUT2D eigenvalue weighted by Crippen LogP contribution is 2.40. The molecule has 1 aliphatic heterocycles. The number of hydrogen-bond acceptors (Lipinski definition) is 4. The molecule has 0 aromatic heterocycles. The summed E-state index contributed by atoms with van der Waals surface area (Å²) in [5.74, 6) is 0.266. The lowest BCUT2D eigenvalue weighted by Gasteiger charge is -2.28. The summed E-state index contributed by atoms with van der Waals surface area (Å²) in [6, 6.07) is 3.61. The molecule has 1 heterocycles. The van der Waals surface area contributed by atoms with Crippen LogP contribution in [0.15, 0.2) is 12.1 Å². The Morgan fingerprint density at radius 3 is 1.87 bits per heavy atom. The SMILES string of the molecule is CC(C)(C)c1cc(C(=O)CC2OCCO2)cc(C(C)(C)C)c1O. The largest absolute Gasteiger partial charge is 0.507 e. The van der Waals surface area contributed by atoms with Gasteiger partial charge in [0.05, 0.1) is 19.6 Å². The summed E-state index contributed by atoms with van der Waals surface area (Å²) in [6.07, 6.45) is -0.245. The standard InChI is InChI=1S/C19H28O4/c1-18(2,3)13-9-12(10-14(17(13)21)19(4,5)6)15(20)11-16-22-7-8-23-16/h9-10,16,21H,7-8,11H2,1-6H3. The van der Waals surface area contributed by atoms with Crippen LogP contribution in [0.25, 0.3) is 0 Å². The number of ether oxygens (including phenoxy) is 2. The molecule has 0 unspecified atom stereocenters. The second-order valence-electron chi connectivity index (χ2n) is 8.22. The maximum atomic E-state index is 12.6. The molecule has 1 aromatic carbocycles. The molecule has 0 spiro atoms. The van der Waals surface area contributed by atoms with Gasteiger partial charge in [0, 0.05) is 16.7 Å². The number of aromatic hydroxyl groups is 1. The Balaban J connectivity index is 2.44. The lowest BCUT2D eigenvalue weighted by molar-refractivity contribution is -0.0407. The van der Waals surface area contributed by atoms with Gasteiger partial charge in [0.2, 0.25) is 0 Å². The van der Waals surface area contributed by atoms with Gasteiger partial charge >= 0.3 is 0 Å². The minimum atomic E-state index is -0.451. The molecule has 0 bridgehead atoms. The topological polar surface area (TPSA) is 55.8 Å².